The maximum atomic E-state index is 12.2. The summed E-state index contributed by atoms with van der Waals surface area (Å²) in [5.41, 5.74) is 4.74. The van der Waals surface area contributed by atoms with Crippen LogP contribution in [0.3, 0.4) is 0 Å². The molecule has 1 aromatic rings. The van der Waals surface area contributed by atoms with Crippen molar-refractivity contribution in [1.29, 1.82) is 0 Å². The van der Waals surface area contributed by atoms with Gasteiger partial charge >= 0.3 is 6.18 Å². The van der Waals surface area contributed by atoms with Gasteiger partial charge in [0, 0.05) is 18.8 Å². The Labute approximate surface area is 84.5 Å². The van der Waals surface area contributed by atoms with E-state index in [1.165, 1.54) is 0 Å². The van der Waals surface area contributed by atoms with Crippen LogP contribution in [0.5, 0.6) is 0 Å². The second kappa shape index (κ2) is 4.63. The summed E-state index contributed by atoms with van der Waals surface area (Å²) in [4.78, 5) is 0. The molecule has 4 nitrogen and oxygen atoms in total. The van der Waals surface area contributed by atoms with Crippen LogP contribution >= 0.6 is 0 Å². The molecule has 0 spiro atoms. The van der Waals surface area contributed by atoms with Crippen LogP contribution in [-0.2, 0) is 12.7 Å². The Hall–Kier alpha value is -1.08. The van der Waals surface area contributed by atoms with Gasteiger partial charge in [0.25, 0.3) is 0 Å². The average Bonchev–Trinajstić information content (AvgIpc) is 2.52. The van der Waals surface area contributed by atoms with Gasteiger partial charge in [-0.15, -0.1) is 0 Å². The van der Waals surface area contributed by atoms with Gasteiger partial charge in [0.05, 0.1) is 18.3 Å². The largest absolute Gasteiger partial charge is 0.419 e. The smallest absolute Gasteiger partial charge is 0.396 e. The van der Waals surface area contributed by atoms with Gasteiger partial charge in [-0.2, -0.15) is 18.3 Å². The van der Waals surface area contributed by atoms with E-state index in [1.54, 1.807) is 0 Å². The normalized spacial score (nSPS) is 14.2. The van der Waals surface area contributed by atoms with E-state index in [9.17, 15) is 13.2 Å². The van der Waals surface area contributed by atoms with E-state index in [0.717, 1.165) is 17.1 Å². The highest BCUT2D eigenvalue weighted by atomic mass is 19.4. The first-order chi connectivity index (χ1) is 6.93. The Morgan fingerprint density at radius 3 is 2.67 bits per heavy atom. The fraction of sp³-hybridized carbons (Fsp3) is 0.625. The fourth-order valence-electron chi connectivity index (χ4n) is 1.11. The Morgan fingerprint density at radius 2 is 2.20 bits per heavy atom. The molecule has 0 saturated carbocycles. The van der Waals surface area contributed by atoms with Crippen molar-refractivity contribution in [1.82, 2.24) is 9.78 Å². The van der Waals surface area contributed by atoms with Gasteiger partial charge in [0.15, 0.2) is 0 Å². The SMILES string of the molecule is NC(CCO)Cn1cc(C(F)(F)F)cn1. The lowest BCUT2D eigenvalue weighted by molar-refractivity contribution is -0.137. The molecule has 7 heteroatoms. The summed E-state index contributed by atoms with van der Waals surface area (Å²) in [5, 5.41) is 12.1. The van der Waals surface area contributed by atoms with E-state index in [-0.39, 0.29) is 13.2 Å². The fourth-order valence-corrected chi connectivity index (χ4v) is 1.11. The van der Waals surface area contributed by atoms with Crippen LogP contribution in [0.4, 0.5) is 13.2 Å². The molecule has 0 amide bonds. The summed E-state index contributed by atoms with van der Waals surface area (Å²) in [5.74, 6) is 0. The molecule has 1 heterocycles. The van der Waals surface area contributed by atoms with Crippen LogP contribution in [0, 0.1) is 0 Å². The maximum Gasteiger partial charge on any atom is 0.419 e. The van der Waals surface area contributed by atoms with Gasteiger partial charge in [-0.3, -0.25) is 4.68 Å². The van der Waals surface area contributed by atoms with E-state index < -0.39 is 17.8 Å². The zero-order valence-electron chi connectivity index (χ0n) is 7.91. The third kappa shape index (κ3) is 3.52. The first kappa shape index (κ1) is 12.0. The number of rotatable bonds is 4. The Bertz CT molecular complexity index is 310. The number of aliphatic hydroxyl groups excluding tert-OH is 1. The number of hydrogen-bond acceptors (Lipinski definition) is 3. The standard InChI is InChI=1S/C8H12F3N3O/c9-8(10,11)6-3-13-14(4-6)5-7(12)1-2-15/h3-4,7,15H,1-2,5,12H2. The molecule has 0 fully saturated rings. The molecular weight excluding hydrogens is 211 g/mol. The van der Waals surface area contributed by atoms with Crippen LogP contribution in [-0.4, -0.2) is 27.5 Å². The van der Waals surface area contributed by atoms with Gasteiger partial charge < -0.3 is 10.8 Å². The van der Waals surface area contributed by atoms with Crippen molar-refractivity contribution in [3.8, 4) is 0 Å². The highest BCUT2D eigenvalue weighted by molar-refractivity contribution is 5.08. The first-order valence-corrected chi connectivity index (χ1v) is 4.39. The van der Waals surface area contributed by atoms with Crippen LogP contribution in [0.1, 0.15) is 12.0 Å². The number of hydrogen-bond donors (Lipinski definition) is 2. The molecule has 15 heavy (non-hydrogen) atoms. The summed E-state index contributed by atoms with van der Waals surface area (Å²) in [6.45, 7) is 0.0746. The summed E-state index contributed by atoms with van der Waals surface area (Å²) < 4.78 is 37.6. The lowest BCUT2D eigenvalue weighted by Gasteiger charge is -2.09. The average molecular weight is 223 g/mol. The van der Waals surface area contributed by atoms with Crippen LogP contribution in [0.2, 0.25) is 0 Å². The highest BCUT2D eigenvalue weighted by Crippen LogP contribution is 2.28. The zero-order chi connectivity index (χ0) is 11.5. The third-order valence-corrected chi connectivity index (χ3v) is 1.88. The van der Waals surface area contributed by atoms with Crippen LogP contribution in [0.25, 0.3) is 0 Å². The molecule has 0 radical (unpaired) electrons. The molecule has 1 unspecified atom stereocenters. The van der Waals surface area contributed by atoms with Gasteiger partial charge in [0.1, 0.15) is 0 Å². The van der Waals surface area contributed by atoms with Gasteiger partial charge in [-0.05, 0) is 6.42 Å². The lowest BCUT2D eigenvalue weighted by Crippen LogP contribution is -2.27. The highest BCUT2D eigenvalue weighted by Gasteiger charge is 2.32. The number of aliphatic hydroxyl groups is 1. The molecule has 0 aliphatic rings. The number of halogens is 3. The minimum atomic E-state index is -4.38. The summed E-state index contributed by atoms with van der Waals surface area (Å²) in [7, 11) is 0. The van der Waals surface area contributed by atoms with E-state index in [0.29, 0.717) is 6.42 Å². The van der Waals surface area contributed by atoms with E-state index >= 15 is 0 Å². The Balaban J connectivity index is 2.61. The van der Waals surface area contributed by atoms with Crippen molar-refractivity contribution in [3.63, 3.8) is 0 Å². The number of nitrogens with zero attached hydrogens (tertiary/aromatic N) is 2. The monoisotopic (exact) mass is 223 g/mol. The van der Waals surface area contributed by atoms with Crippen LogP contribution < -0.4 is 5.73 Å². The van der Waals surface area contributed by atoms with Gasteiger partial charge in [0.2, 0.25) is 0 Å². The quantitative estimate of drug-likeness (QED) is 0.786. The Kier molecular flexibility index (Phi) is 3.70. The zero-order valence-corrected chi connectivity index (χ0v) is 7.91. The maximum absolute atomic E-state index is 12.2. The minimum absolute atomic E-state index is 0.0887. The summed E-state index contributed by atoms with van der Waals surface area (Å²) in [6.07, 6.45) is -2.39. The van der Waals surface area contributed by atoms with E-state index in [2.05, 4.69) is 5.10 Å². The van der Waals surface area contributed by atoms with Crippen molar-refractivity contribution >= 4 is 0 Å². The molecule has 0 aliphatic heterocycles. The van der Waals surface area contributed by atoms with Crippen LogP contribution in [0.15, 0.2) is 12.4 Å². The molecule has 0 aliphatic carbocycles. The molecule has 0 bridgehead atoms. The van der Waals surface area contributed by atoms with Crippen molar-refractivity contribution in [2.24, 2.45) is 5.73 Å². The molecule has 86 valence electrons. The van der Waals surface area contributed by atoms with Gasteiger partial charge in [-0.25, -0.2) is 0 Å². The lowest BCUT2D eigenvalue weighted by atomic mass is 10.2. The molecular formula is C8H12F3N3O. The predicted octanol–water partition coefficient (Wildman–Crippen LogP) is 0.612. The topological polar surface area (TPSA) is 64.1 Å². The van der Waals surface area contributed by atoms with Crippen molar-refractivity contribution in [2.75, 3.05) is 6.61 Å². The predicted molar refractivity (Wildman–Crippen MR) is 46.9 cm³/mol. The number of aromatic nitrogens is 2. The van der Waals surface area contributed by atoms with Crippen molar-refractivity contribution in [2.45, 2.75) is 25.2 Å². The molecule has 1 atom stereocenters. The number of alkyl halides is 3. The summed E-state index contributed by atoms with van der Waals surface area (Å²) in [6, 6.07) is -0.393. The summed E-state index contributed by atoms with van der Waals surface area (Å²) >= 11 is 0. The first-order valence-electron chi connectivity index (χ1n) is 4.39. The molecule has 3 N–H and O–H groups in total. The minimum Gasteiger partial charge on any atom is -0.396 e. The van der Waals surface area contributed by atoms with E-state index in [4.69, 9.17) is 10.8 Å². The van der Waals surface area contributed by atoms with Crippen molar-refractivity contribution < 1.29 is 18.3 Å². The molecule has 0 aromatic carbocycles. The molecule has 0 saturated heterocycles. The third-order valence-electron chi connectivity index (χ3n) is 1.88. The Morgan fingerprint density at radius 1 is 1.53 bits per heavy atom. The molecule has 1 rings (SSSR count). The van der Waals surface area contributed by atoms with Crippen molar-refractivity contribution in [3.05, 3.63) is 18.0 Å². The second-order valence-electron chi connectivity index (χ2n) is 3.22. The number of nitrogens with two attached hydrogens (primary N) is 1. The van der Waals surface area contributed by atoms with Gasteiger partial charge in [-0.1, -0.05) is 0 Å². The second-order valence-corrected chi connectivity index (χ2v) is 3.22. The van der Waals surface area contributed by atoms with E-state index in [1.807, 2.05) is 0 Å². The molecule has 1 aromatic heterocycles.